The van der Waals surface area contributed by atoms with E-state index in [2.05, 4.69) is 15.8 Å². The fourth-order valence-corrected chi connectivity index (χ4v) is 2.65. The highest BCUT2D eigenvalue weighted by atomic mass is 16.7. The number of nitrogens with zero attached hydrogens (tertiary/aromatic N) is 1. The number of rotatable bonds is 7. The number of hydrazone groups is 1. The number of amides is 2. The molecule has 3 rings (SSSR count). The summed E-state index contributed by atoms with van der Waals surface area (Å²) in [6, 6.07) is 10.7. The van der Waals surface area contributed by atoms with Crippen molar-refractivity contribution < 1.29 is 28.5 Å². The summed E-state index contributed by atoms with van der Waals surface area (Å²) in [5, 5.41) is 6.33. The first-order chi connectivity index (χ1) is 14.1. The predicted molar refractivity (Wildman–Crippen MR) is 105 cm³/mol. The summed E-state index contributed by atoms with van der Waals surface area (Å²) in [6.07, 6.45) is 1.94. The Balaban J connectivity index is 1.44. The van der Waals surface area contributed by atoms with Crippen LogP contribution in [0.2, 0.25) is 0 Å². The molecule has 2 aromatic rings. The van der Waals surface area contributed by atoms with Gasteiger partial charge in [0, 0.05) is 6.54 Å². The number of benzene rings is 2. The van der Waals surface area contributed by atoms with Gasteiger partial charge in [0.2, 0.25) is 6.79 Å². The lowest BCUT2D eigenvalue weighted by molar-refractivity contribution is -0.139. The highest BCUT2D eigenvalue weighted by Gasteiger charge is 2.14. The minimum atomic E-state index is -0.852. The van der Waals surface area contributed by atoms with Crippen LogP contribution in [0.3, 0.4) is 0 Å². The van der Waals surface area contributed by atoms with Gasteiger partial charge in [0.05, 0.1) is 20.4 Å². The van der Waals surface area contributed by atoms with Gasteiger partial charge in [0.25, 0.3) is 0 Å². The van der Waals surface area contributed by atoms with E-state index in [4.69, 9.17) is 18.9 Å². The first-order valence-electron chi connectivity index (χ1n) is 8.82. The molecule has 0 spiro atoms. The van der Waals surface area contributed by atoms with Gasteiger partial charge in [-0.15, -0.1) is 0 Å². The van der Waals surface area contributed by atoms with E-state index >= 15 is 0 Å². The molecular weight excluding hydrogens is 378 g/mol. The first kappa shape index (κ1) is 20.0. The summed E-state index contributed by atoms with van der Waals surface area (Å²) in [4.78, 5) is 23.7. The summed E-state index contributed by atoms with van der Waals surface area (Å²) in [5.74, 6) is 0.864. The molecule has 2 N–H and O–H groups in total. The molecule has 0 saturated heterocycles. The van der Waals surface area contributed by atoms with Crippen molar-refractivity contribution in [3.05, 3.63) is 47.5 Å². The zero-order valence-electron chi connectivity index (χ0n) is 16.1. The average molecular weight is 399 g/mol. The lowest BCUT2D eigenvalue weighted by Gasteiger charge is -2.10. The number of nitrogens with one attached hydrogen (secondary N) is 2. The highest BCUT2D eigenvalue weighted by molar-refractivity contribution is 6.35. The van der Waals surface area contributed by atoms with Gasteiger partial charge in [-0.25, -0.2) is 5.43 Å². The maximum atomic E-state index is 11.9. The van der Waals surface area contributed by atoms with Gasteiger partial charge in [-0.05, 0) is 47.9 Å². The fraction of sp³-hybridized carbons (Fsp3) is 0.250. The number of hydrogen-bond acceptors (Lipinski definition) is 7. The quantitative estimate of drug-likeness (QED) is 0.412. The molecule has 0 saturated carbocycles. The van der Waals surface area contributed by atoms with Crippen LogP contribution in [0.15, 0.2) is 41.5 Å². The van der Waals surface area contributed by atoms with Gasteiger partial charge in [0.15, 0.2) is 23.0 Å². The van der Waals surface area contributed by atoms with E-state index in [1.54, 1.807) is 38.5 Å². The molecule has 0 unspecified atom stereocenters. The van der Waals surface area contributed by atoms with E-state index in [1.807, 2.05) is 12.1 Å². The van der Waals surface area contributed by atoms with Crippen molar-refractivity contribution in [1.29, 1.82) is 0 Å². The molecule has 29 heavy (non-hydrogen) atoms. The summed E-state index contributed by atoms with van der Waals surface area (Å²) < 4.78 is 20.9. The summed E-state index contributed by atoms with van der Waals surface area (Å²) in [7, 11) is 3.11. The molecule has 1 heterocycles. The Bertz CT molecular complexity index is 928. The van der Waals surface area contributed by atoms with Crippen LogP contribution in [-0.4, -0.2) is 45.6 Å². The molecule has 1 aliphatic rings. The van der Waals surface area contributed by atoms with Gasteiger partial charge in [-0.3, -0.25) is 9.59 Å². The number of carbonyl (C=O) groups is 2. The van der Waals surface area contributed by atoms with Gasteiger partial charge in [-0.2, -0.15) is 5.10 Å². The Labute approximate surface area is 167 Å². The number of carbonyl (C=O) groups excluding carboxylic acids is 2. The van der Waals surface area contributed by atoms with Crippen molar-refractivity contribution in [1.82, 2.24) is 10.7 Å². The third kappa shape index (κ3) is 5.16. The fourth-order valence-electron chi connectivity index (χ4n) is 2.65. The molecular formula is C20H21N3O6. The average Bonchev–Trinajstić information content (AvgIpc) is 3.21. The molecule has 2 aromatic carbocycles. The van der Waals surface area contributed by atoms with Gasteiger partial charge in [0.1, 0.15) is 0 Å². The normalized spacial score (nSPS) is 11.9. The number of hydrogen-bond donors (Lipinski definition) is 2. The Kier molecular flexibility index (Phi) is 6.51. The van der Waals surface area contributed by atoms with E-state index < -0.39 is 11.8 Å². The molecule has 152 valence electrons. The molecule has 0 radical (unpaired) electrons. The Morgan fingerprint density at radius 3 is 2.62 bits per heavy atom. The molecule has 0 bridgehead atoms. The summed E-state index contributed by atoms with van der Waals surface area (Å²) in [5.41, 5.74) is 3.82. The Morgan fingerprint density at radius 1 is 1.03 bits per heavy atom. The van der Waals surface area contributed by atoms with Gasteiger partial charge >= 0.3 is 11.8 Å². The zero-order valence-corrected chi connectivity index (χ0v) is 16.1. The maximum absolute atomic E-state index is 11.9. The molecule has 2 amide bonds. The van der Waals surface area contributed by atoms with Gasteiger partial charge in [-0.1, -0.05) is 6.07 Å². The van der Waals surface area contributed by atoms with E-state index in [0.29, 0.717) is 35.0 Å². The smallest absolute Gasteiger partial charge is 0.329 e. The zero-order chi connectivity index (χ0) is 20.6. The Morgan fingerprint density at radius 2 is 1.83 bits per heavy atom. The first-order valence-corrected chi connectivity index (χ1v) is 8.82. The number of ether oxygens (including phenoxy) is 4. The van der Waals surface area contributed by atoms with E-state index in [-0.39, 0.29) is 13.3 Å². The van der Waals surface area contributed by atoms with Crippen molar-refractivity contribution in [2.24, 2.45) is 5.10 Å². The van der Waals surface area contributed by atoms with Crippen LogP contribution in [0, 0.1) is 0 Å². The van der Waals surface area contributed by atoms with Crippen LogP contribution in [-0.2, 0) is 16.0 Å². The van der Waals surface area contributed by atoms with Crippen molar-refractivity contribution >= 4 is 18.0 Å². The van der Waals surface area contributed by atoms with Crippen LogP contribution in [0.25, 0.3) is 0 Å². The second-order valence-corrected chi connectivity index (χ2v) is 6.01. The van der Waals surface area contributed by atoms with Crippen molar-refractivity contribution in [2.75, 3.05) is 27.6 Å². The standard InChI is InChI=1S/C20H21N3O6/c1-26-15-5-3-13(9-17(15)27-2)7-8-21-19(24)20(25)23-22-11-14-4-6-16-18(10-14)29-12-28-16/h3-6,9-11H,7-8,12H2,1-2H3,(H,21,24)(H,23,25)/b22-11-. The SMILES string of the molecule is COc1ccc(CCNC(=O)C(=O)N/N=C\c2ccc3c(c2)OCO3)cc1OC. The highest BCUT2D eigenvalue weighted by Crippen LogP contribution is 2.32. The molecule has 9 heteroatoms. The van der Waals surface area contributed by atoms with Crippen molar-refractivity contribution in [3.8, 4) is 23.0 Å². The molecule has 0 aromatic heterocycles. The van der Waals surface area contributed by atoms with Crippen LogP contribution in [0.5, 0.6) is 23.0 Å². The molecule has 1 aliphatic heterocycles. The van der Waals surface area contributed by atoms with Crippen LogP contribution in [0.4, 0.5) is 0 Å². The number of fused-ring (bicyclic) bond motifs is 1. The predicted octanol–water partition coefficient (Wildman–Crippen LogP) is 1.24. The van der Waals surface area contributed by atoms with Crippen LogP contribution >= 0.6 is 0 Å². The minimum absolute atomic E-state index is 0.177. The van der Waals surface area contributed by atoms with Crippen LogP contribution < -0.4 is 29.7 Å². The van der Waals surface area contributed by atoms with E-state index in [0.717, 1.165) is 5.56 Å². The third-order valence-corrected chi connectivity index (χ3v) is 4.13. The Hall–Kier alpha value is -3.75. The maximum Gasteiger partial charge on any atom is 0.329 e. The second-order valence-electron chi connectivity index (χ2n) is 6.01. The minimum Gasteiger partial charge on any atom is -0.493 e. The van der Waals surface area contributed by atoms with Gasteiger partial charge < -0.3 is 24.3 Å². The lowest BCUT2D eigenvalue weighted by Crippen LogP contribution is -2.38. The molecule has 0 aliphatic carbocycles. The lowest BCUT2D eigenvalue weighted by atomic mass is 10.1. The molecule has 0 fully saturated rings. The van der Waals surface area contributed by atoms with E-state index in [9.17, 15) is 9.59 Å². The molecule has 0 atom stereocenters. The van der Waals surface area contributed by atoms with E-state index in [1.165, 1.54) is 6.21 Å². The monoisotopic (exact) mass is 399 g/mol. The topological polar surface area (TPSA) is 107 Å². The van der Waals surface area contributed by atoms with Crippen molar-refractivity contribution in [3.63, 3.8) is 0 Å². The largest absolute Gasteiger partial charge is 0.493 e. The summed E-state index contributed by atoms with van der Waals surface area (Å²) in [6.45, 7) is 0.462. The summed E-state index contributed by atoms with van der Waals surface area (Å²) >= 11 is 0. The third-order valence-electron chi connectivity index (χ3n) is 4.13. The second kappa shape index (κ2) is 9.45. The molecule has 9 nitrogen and oxygen atoms in total. The number of methoxy groups -OCH3 is 2. The van der Waals surface area contributed by atoms with Crippen LogP contribution in [0.1, 0.15) is 11.1 Å². The van der Waals surface area contributed by atoms with Crippen molar-refractivity contribution in [2.45, 2.75) is 6.42 Å².